The number of rotatable bonds is 6. The SMILES string of the molecule is CCc1[nH]n(-c2ccc(Cl)c(Cl)c2)c(=O)c1C1=C([n+]2cccc(C)c2)C(=O)N(CC2CCCO2)C1=O. The summed E-state index contributed by atoms with van der Waals surface area (Å²) in [7, 11) is 0. The lowest BCUT2D eigenvalue weighted by Crippen LogP contribution is -2.42. The second kappa shape index (κ2) is 9.69. The highest BCUT2D eigenvalue weighted by Crippen LogP contribution is 2.32. The van der Waals surface area contributed by atoms with Crippen molar-refractivity contribution in [3.8, 4) is 5.69 Å². The van der Waals surface area contributed by atoms with Gasteiger partial charge in [0.25, 0.3) is 17.2 Å². The van der Waals surface area contributed by atoms with Gasteiger partial charge in [-0.25, -0.2) is 4.68 Å². The first kappa shape index (κ1) is 24.5. The number of aryl methyl sites for hydroxylation is 2. The molecule has 8 nitrogen and oxygen atoms in total. The second-order valence-corrected chi connectivity index (χ2v) is 9.74. The number of hydrogen-bond donors (Lipinski definition) is 1. The van der Waals surface area contributed by atoms with Crippen molar-refractivity contribution in [2.75, 3.05) is 13.2 Å². The fourth-order valence-corrected chi connectivity index (χ4v) is 5.01. The third-order valence-electron chi connectivity index (χ3n) is 6.49. The van der Waals surface area contributed by atoms with E-state index in [0.29, 0.717) is 34.5 Å². The molecule has 10 heteroatoms. The summed E-state index contributed by atoms with van der Waals surface area (Å²) in [5, 5.41) is 3.75. The van der Waals surface area contributed by atoms with Gasteiger partial charge in [0.2, 0.25) is 0 Å². The van der Waals surface area contributed by atoms with Gasteiger partial charge in [-0.1, -0.05) is 30.1 Å². The van der Waals surface area contributed by atoms with Gasteiger partial charge in [-0.05, 0) is 50.5 Å². The first-order valence-electron chi connectivity index (χ1n) is 11.8. The van der Waals surface area contributed by atoms with Gasteiger partial charge in [-0.2, -0.15) is 4.57 Å². The molecule has 1 aromatic carbocycles. The predicted octanol–water partition coefficient (Wildman–Crippen LogP) is 3.55. The van der Waals surface area contributed by atoms with E-state index < -0.39 is 17.4 Å². The van der Waals surface area contributed by atoms with E-state index in [4.69, 9.17) is 27.9 Å². The number of benzene rings is 1. The van der Waals surface area contributed by atoms with E-state index in [9.17, 15) is 14.4 Å². The van der Waals surface area contributed by atoms with Crippen LogP contribution in [-0.4, -0.2) is 45.8 Å². The Balaban J connectivity index is 1.70. The summed E-state index contributed by atoms with van der Waals surface area (Å²) in [4.78, 5) is 42.5. The zero-order valence-electron chi connectivity index (χ0n) is 19.9. The summed E-state index contributed by atoms with van der Waals surface area (Å²) in [6, 6.07) is 8.52. The highest BCUT2D eigenvalue weighted by Gasteiger charge is 2.48. The minimum Gasteiger partial charge on any atom is -0.376 e. The molecule has 3 aromatic rings. The molecule has 2 aliphatic heterocycles. The maximum atomic E-state index is 13.8. The second-order valence-electron chi connectivity index (χ2n) is 8.93. The van der Waals surface area contributed by atoms with Crippen molar-refractivity contribution in [2.24, 2.45) is 0 Å². The number of carbonyl (C=O) groups is 2. The van der Waals surface area contributed by atoms with Crippen LogP contribution in [0.3, 0.4) is 0 Å². The summed E-state index contributed by atoms with van der Waals surface area (Å²) in [6.45, 7) is 4.52. The number of imide groups is 1. The minimum atomic E-state index is -0.508. The Morgan fingerprint density at radius 3 is 2.61 bits per heavy atom. The zero-order valence-corrected chi connectivity index (χ0v) is 21.4. The van der Waals surface area contributed by atoms with E-state index in [0.717, 1.165) is 18.4 Å². The van der Waals surface area contributed by atoms with Crippen LogP contribution in [0.15, 0.2) is 47.5 Å². The maximum absolute atomic E-state index is 13.8. The maximum Gasteiger partial charge on any atom is 0.327 e. The number of amides is 2. The van der Waals surface area contributed by atoms with E-state index in [1.165, 1.54) is 9.58 Å². The van der Waals surface area contributed by atoms with Gasteiger partial charge in [-0.15, -0.1) is 0 Å². The molecule has 1 saturated heterocycles. The van der Waals surface area contributed by atoms with Crippen LogP contribution in [0.25, 0.3) is 17.0 Å². The Morgan fingerprint density at radius 1 is 1.14 bits per heavy atom. The summed E-state index contributed by atoms with van der Waals surface area (Å²) < 4.78 is 8.64. The van der Waals surface area contributed by atoms with Crippen molar-refractivity contribution in [3.63, 3.8) is 0 Å². The molecule has 1 N–H and O–H groups in total. The lowest BCUT2D eigenvalue weighted by Gasteiger charge is -2.18. The molecule has 2 aromatic heterocycles. The zero-order chi connectivity index (χ0) is 25.6. The lowest BCUT2D eigenvalue weighted by atomic mass is 10.0. The van der Waals surface area contributed by atoms with Crippen molar-refractivity contribution >= 4 is 46.3 Å². The van der Waals surface area contributed by atoms with E-state index in [2.05, 4.69) is 5.10 Å². The normalized spacial score (nSPS) is 18.1. The molecule has 36 heavy (non-hydrogen) atoms. The van der Waals surface area contributed by atoms with E-state index in [1.807, 2.05) is 19.9 Å². The number of aromatic nitrogens is 3. The fraction of sp³-hybridized carbons (Fsp3) is 0.308. The molecule has 0 radical (unpaired) electrons. The lowest BCUT2D eigenvalue weighted by molar-refractivity contribution is -0.577. The first-order chi connectivity index (χ1) is 17.3. The van der Waals surface area contributed by atoms with E-state index >= 15 is 0 Å². The third-order valence-corrected chi connectivity index (χ3v) is 7.23. The van der Waals surface area contributed by atoms with E-state index in [-0.39, 0.29) is 29.5 Å². The largest absolute Gasteiger partial charge is 0.376 e. The number of aromatic amines is 1. The van der Waals surface area contributed by atoms with Crippen molar-refractivity contribution < 1.29 is 18.9 Å². The van der Waals surface area contributed by atoms with Crippen LogP contribution < -0.4 is 10.1 Å². The summed E-state index contributed by atoms with van der Waals surface area (Å²) in [6.07, 6.45) is 5.35. The molecule has 5 rings (SSSR count). The Labute approximate surface area is 217 Å². The monoisotopic (exact) mass is 527 g/mol. The highest BCUT2D eigenvalue weighted by atomic mass is 35.5. The van der Waals surface area contributed by atoms with Gasteiger partial charge in [0, 0.05) is 23.9 Å². The van der Waals surface area contributed by atoms with Crippen LogP contribution in [0.1, 0.15) is 36.6 Å². The molecular formula is C26H25Cl2N4O4+. The molecule has 0 spiro atoms. The molecule has 0 aliphatic carbocycles. The van der Waals surface area contributed by atoms with Crippen LogP contribution in [0, 0.1) is 6.92 Å². The number of H-pyrrole nitrogens is 1. The molecule has 2 amide bonds. The topological polar surface area (TPSA) is 88.3 Å². The number of hydrogen-bond acceptors (Lipinski definition) is 4. The van der Waals surface area contributed by atoms with Crippen LogP contribution in [0.5, 0.6) is 0 Å². The van der Waals surface area contributed by atoms with Crippen LogP contribution in [0.4, 0.5) is 0 Å². The number of nitrogens with zero attached hydrogens (tertiary/aromatic N) is 3. The molecule has 4 heterocycles. The molecule has 186 valence electrons. The third kappa shape index (κ3) is 4.19. The number of pyridine rings is 1. The average molecular weight is 528 g/mol. The standard InChI is InChI=1S/C26H24Cl2N4O4/c1-3-20-21(25(34)32(29-20)16-8-9-18(27)19(28)12-16)22-23(30-10-4-6-15(2)13-30)26(35)31(24(22)33)14-17-7-5-11-36-17/h4,6,8-10,12-13,17H,3,5,7,11,14H2,1-2H3/p+1. The van der Waals surface area contributed by atoms with Gasteiger partial charge >= 0.3 is 5.91 Å². The molecule has 1 atom stereocenters. The Kier molecular flexibility index (Phi) is 6.59. The Hall–Kier alpha value is -3.20. The summed E-state index contributed by atoms with van der Waals surface area (Å²) in [5.41, 5.74) is 1.84. The smallest absolute Gasteiger partial charge is 0.327 e. The fourth-order valence-electron chi connectivity index (χ4n) is 4.72. The Bertz CT molecular complexity index is 1470. The van der Waals surface area contributed by atoms with Crippen molar-refractivity contribution in [3.05, 3.63) is 79.9 Å². The van der Waals surface area contributed by atoms with Gasteiger partial charge in [0.15, 0.2) is 12.4 Å². The molecule has 1 unspecified atom stereocenters. The van der Waals surface area contributed by atoms with Crippen LogP contribution >= 0.6 is 23.2 Å². The van der Waals surface area contributed by atoms with Gasteiger partial charge in [-0.3, -0.25) is 24.4 Å². The van der Waals surface area contributed by atoms with E-state index in [1.54, 1.807) is 41.2 Å². The van der Waals surface area contributed by atoms with Crippen molar-refractivity contribution in [1.29, 1.82) is 0 Å². The first-order valence-corrected chi connectivity index (χ1v) is 12.6. The molecule has 1 fully saturated rings. The predicted molar refractivity (Wildman–Crippen MR) is 136 cm³/mol. The highest BCUT2D eigenvalue weighted by molar-refractivity contribution is 6.44. The average Bonchev–Trinajstić information content (AvgIpc) is 3.54. The summed E-state index contributed by atoms with van der Waals surface area (Å²) >= 11 is 12.3. The van der Waals surface area contributed by atoms with Crippen LogP contribution in [-0.2, 0) is 20.7 Å². The molecule has 0 bridgehead atoms. The number of carbonyl (C=O) groups excluding carboxylic acids is 2. The molecule has 2 aliphatic rings. The van der Waals surface area contributed by atoms with Gasteiger partial charge < -0.3 is 4.74 Å². The van der Waals surface area contributed by atoms with Crippen molar-refractivity contribution in [1.82, 2.24) is 14.7 Å². The number of halogens is 2. The van der Waals surface area contributed by atoms with Crippen molar-refractivity contribution in [2.45, 2.75) is 39.2 Å². The van der Waals surface area contributed by atoms with Gasteiger partial charge in [0.1, 0.15) is 5.57 Å². The van der Waals surface area contributed by atoms with Gasteiger partial charge in [0.05, 0.1) is 33.9 Å². The number of nitrogens with one attached hydrogen (secondary N) is 1. The van der Waals surface area contributed by atoms with Crippen LogP contribution in [0.2, 0.25) is 10.0 Å². The Morgan fingerprint density at radius 2 is 1.94 bits per heavy atom. The quantitative estimate of drug-likeness (QED) is 0.392. The molecular weight excluding hydrogens is 503 g/mol. The number of ether oxygens (including phenoxy) is 1. The minimum absolute atomic E-state index is 0.0745. The molecule has 0 saturated carbocycles. The summed E-state index contributed by atoms with van der Waals surface area (Å²) in [5.74, 6) is -0.962.